The van der Waals surface area contributed by atoms with Crippen LogP contribution in [0.1, 0.15) is 22.3 Å². The summed E-state index contributed by atoms with van der Waals surface area (Å²) >= 11 is 7.86. The number of benzene rings is 6. The van der Waals surface area contributed by atoms with Gasteiger partial charge in [0.05, 0.1) is 18.1 Å². The van der Waals surface area contributed by atoms with E-state index in [1.165, 1.54) is 28.0 Å². The molecule has 0 aliphatic carbocycles. The summed E-state index contributed by atoms with van der Waals surface area (Å²) in [6.07, 6.45) is 0.552. The SMILES string of the molecule is NS(=O)(=O)c1cc(N(C(=O)c2ccc(N3CCN(Cc4ccc5ccccc5c4-c4ccc(Cl)cc4)CC3)cc2)[C@H](CCN2CCOCC2)CSc2ccccc2)ccc1[N+](=O)[O-]. The second-order valence-corrected chi connectivity index (χ2v) is 18.8. The highest BCUT2D eigenvalue weighted by Crippen LogP contribution is 2.36. The van der Waals surface area contributed by atoms with Crippen molar-refractivity contribution in [2.45, 2.75) is 28.8 Å². The standard InChI is InChI=1S/C48H49ClN6O6S2/c49-39-16-12-36(13-17-39)47-38(11-10-35-6-4-5-9-44(35)47)33-52-24-26-53(27-25-52)40-18-14-37(15-19-40)48(56)54(41-20-21-45(55(57)58)46(32-41)63(50,59)60)42(22-23-51-28-30-61-31-29-51)34-62-43-7-2-1-3-8-43/h1-21,32,42H,22-31,33-34H2,(H2,50,59,60)/t42-/m1/s1. The minimum atomic E-state index is -4.52. The number of morpholine rings is 1. The minimum absolute atomic E-state index is 0.209. The zero-order valence-electron chi connectivity index (χ0n) is 34.7. The number of amides is 1. The van der Waals surface area contributed by atoms with Crippen LogP contribution in [0.4, 0.5) is 17.1 Å². The Morgan fingerprint density at radius 2 is 1.52 bits per heavy atom. The average Bonchev–Trinajstić information content (AvgIpc) is 3.30. The number of nitrogens with zero attached hydrogens (tertiary/aromatic N) is 5. The van der Waals surface area contributed by atoms with Gasteiger partial charge in [-0.2, -0.15) is 0 Å². The molecule has 0 aromatic heterocycles. The van der Waals surface area contributed by atoms with Crippen LogP contribution in [0.5, 0.6) is 0 Å². The molecule has 2 aliphatic rings. The van der Waals surface area contributed by atoms with Gasteiger partial charge in [0, 0.05) is 97.1 Å². The van der Waals surface area contributed by atoms with E-state index < -0.39 is 31.6 Å². The second-order valence-electron chi connectivity index (χ2n) is 15.8. The van der Waals surface area contributed by atoms with Gasteiger partial charge in [0.15, 0.2) is 4.90 Å². The van der Waals surface area contributed by atoms with E-state index in [9.17, 15) is 23.3 Å². The smallest absolute Gasteiger partial charge is 0.289 e. The summed E-state index contributed by atoms with van der Waals surface area (Å²) in [7, 11) is -4.52. The van der Waals surface area contributed by atoms with Crippen LogP contribution in [0.25, 0.3) is 21.9 Å². The lowest BCUT2D eigenvalue weighted by Crippen LogP contribution is -2.46. The summed E-state index contributed by atoms with van der Waals surface area (Å²) in [5, 5.41) is 20.6. The van der Waals surface area contributed by atoms with Crippen LogP contribution in [-0.4, -0.2) is 99.9 Å². The number of primary sulfonamides is 1. The largest absolute Gasteiger partial charge is 0.379 e. The molecule has 12 nitrogen and oxygen atoms in total. The molecule has 2 fully saturated rings. The molecule has 8 rings (SSSR count). The summed E-state index contributed by atoms with van der Waals surface area (Å²) in [5.41, 5.74) is 4.56. The van der Waals surface area contributed by atoms with Gasteiger partial charge in [-0.05, 0) is 94.5 Å². The molecule has 6 aromatic carbocycles. The number of hydrogen-bond acceptors (Lipinski definition) is 10. The first kappa shape index (κ1) is 44.3. The van der Waals surface area contributed by atoms with Crippen molar-refractivity contribution in [1.82, 2.24) is 9.80 Å². The molecule has 2 N–H and O–H groups in total. The van der Waals surface area contributed by atoms with Crippen molar-refractivity contribution in [3.05, 3.63) is 160 Å². The van der Waals surface area contributed by atoms with E-state index in [-0.39, 0.29) is 11.6 Å². The Morgan fingerprint density at radius 3 is 2.22 bits per heavy atom. The molecule has 6 aromatic rings. The molecule has 0 unspecified atom stereocenters. The maximum atomic E-state index is 14.9. The molecule has 0 bridgehead atoms. The fourth-order valence-electron chi connectivity index (χ4n) is 8.44. The third kappa shape index (κ3) is 10.7. The summed E-state index contributed by atoms with van der Waals surface area (Å²) in [4.78, 5) is 35.1. The van der Waals surface area contributed by atoms with Gasteiger partial charge in [-0.25, -0.2) is 13.6 Å². The number of nitro benzene ring substituents is 1. The maximum absolute atomic E-state index is 14.9. The highest BCUT2D eigenvalue weighted by molar-refractivity contribution is 7.99. The van der Waals surface area contributed by atoms with Crippen molar-refractivity contribution in [3.63, 3.8) is 0 Å². The number of ether oxygens (including phenoxy) is 1. The summed E-state index contributed by atoms with van der Waals surface area (Å²) in [6, 6.07) is 41.6. The number of carbonyl (C=O) groups excluding carboxylic acids is 1. The molecular formula is C48H49ClN6O6S2. The number of piperazine rings is 1. The molecule has 63 heavy (non-hydrogen) atoms. The van der Waals surface area contributed by atoms with Crippen LogP contribution in [0, 0.1) is 10.1 Å². The molecule has 0 spiro atoms. The Bertz CT molecular complexity index is 2660. The van der Waals surface area contributed by atoms with Gasteiger partial charge in [0.1, 0.15) is 0 Å². The van der Waals surface area contributed by atoms with E-state index in [0.29, 0.717) is 42.5 Å². The van der Waals surface area contributed by atoms with Gasteiger partial charge in [-0.1, -0.05) is 78.3 Å². The second kappa shape index (κ2) is 20.0. The number of nitrogens with two attached hydrogens (primary N) is 1. The first-order chi connectivity index (χ1) is 30.5. The number of sulfonamides is 1. The fraction of sp³-hybridized carbons (Fsp3) is 0.271. The number of nitro groups is 1. The molecular weight excluding hydrogens is 856 g/mol. The Hall–Kier alpha value is -5.32. The zero-order chi connectivity index (χ0) is 43.9. The van der Waals surface area contributed by atoms with Crippen LogP contribution < -0.4 is 14.9 Å². The molecule has 1 amide bonds. The van der Waals surface area contributed by atoms with Crippen LogP contribution in [-0.2, 0) is 21.3 Å². The number of fused-ring (bicyclic) bond motifs is 1. The lowest BCUT2D eigenvalue weighted by molar-refractivity contribution is -0.387. The number of rotatable bonds is 15. The molecule has 15 heteroatoms. The molecule has 2 heterocycles. The zero-order valence-corrected chi connectivity index (χ0v) is 37.1. The first-order valence-electron chi connectivity index (χ1n) is 21.0. The van der Waals surface area contributed by atoms with Gasteiger partial charge >= 0.3 is 0 Å². The van der Waals surface area contributed by atoms with Gasteiger partial charge in [0.2, 0.25) is 10.0 Å². The van der Waals surface area contributed by atoms with E-state index >= 15 is 0 Å². The number of carbonyl (C=O) groups is 1. The van der Waals surface area contributed by atoms with Crippen molar-refractivity contribution in [2.24, 2.45) is 5.14 Å². The quantitative estimate of drug-likeness (QED) is 0.0605. The topological polar surface area (TPSA) is 143 Å². The molecule has 326 valence electrons. The summed E-state index contributed by atoms with van der Waals surface area (Å²) < 4.78 is 31.1. The van der Waals surface area contributed by atoms with Crippen molar-refractivity contribution in [2.75, 3.05) is 74.6 Å². The predicted molar refractivity (Wildman–Crippen MR) is 252 cm³/mol. The maximum Gasteiger partial charge on any atom is 0.289 e. The Morgan fingerprint density at radius 1 is 0.825 bits per heavy atom. The molecule has 1 atom stereocenters. The monoisotopic (exact) mass is 904 g/mol. The van der Waals surface area contributed by atoms with Crippen LogP contribution in [0.3, 0.4) is 0 Å². The van der Waals surface area contributed by atoms with Crippen LogP contribution in [0.15, 0.2) is 143 Å². The third-order valence-electron chi connectivity index (χ3n) is 11.8. The Balaban J connectivity index is 1.03. The molecule has 2 saturated heterocycles. The van der Waals surface area contributed by atoms with Crippen molar-refractivity contribution in [1.29, 1.82) is 0 Å². The molecule has 0 radical (unpaired) electrons. The van der Waals surface area contributed by atoms with E-state index in [4.69, 9.17) is 21.5 Å². The molecule has 2 aliphatic heterocycles. The third-order valence-corrected chi connectivity index (χ3v) is 14.1. The van der Waals surface area contributed by atoms with E-state index in [2.05, 4.69) is 63.2 Å². The van der Waals surface area contributed by atoms with Gasteiger partial charge in [-0.15, -0.1) is 11.8 Å². The number of thioether (sulfide) groups is 1. The summed E-state index contributed by atoms with van der Waals surface area (Å²) in [5.74, 6) is 0.123. The number of halogens is 1. The highest BCUT2D eigenvalue weighted by atomic mass is 35.5. The van der Waals surface area contributed by atoms with Crippen molar-refractivity contribution >= 4 is 67.1 Å². The summed E-state index contributed by atoms with van der Waals surface area (Å²) in [6.45, 7) is 7.47. The van der Waals surface area contributed by atoms with Crippen molar-refractivity contribution < 1.29 is 22.9 Å². The van der Waals surface area contributed by atoms with E-state index in [0.717, 1.165) is 74.1 Å². The van der Waals surface area contributed by atoms with E-state index in [1.54, 1.807) is 28.8 Å². The normalized spacial score (nSPS) is 15.6. The lowest BCUT2D eigenvalue weighted by atomic mass is 9.93. The van der Waals surface area contributed by atoms with Crippen LogP contribution in [0.2, 0.25) is 5.02 Å². The minimum Gasteiger partial charge on any atom is -0.379 e. The lowest BCUT2D eigenvalue weighted by Gasteiger charge is -2.37. The van der Waals surface area contributed by atoms with Gasteiger partial charge in [0.25, 0.3) is 11.6 Å². The molecule has 0 saturated carbocycles. The average molecular weight is 906 g/mol. The van der Waals surface area contributed by atoms with Gasteiger partial charge < -0.3 is 14.5 Å². The van der Waals surface area contributed by atoms with Gasteiger partial charge in [-0.3, -0.25) is 24.7 Å². The van der Waals surface area contributed by atoms with E-state index in [1.807, 2.05) is 54.6 Å². The number of hydrogen-bond donors (Lipinski definition) is 1. The predicted octanol–water partition coefficient (Wildman–Crippen LogP) is 8.57. The Labute approximate surface area is 377 Å². The Kier molecular flexibility index (Phi) is 14.1. The van der Waals surface area contributed by atoms with Crippen molar-refractivity contribution in [3.8, 4) is 11.1 Å². The first-order valence-corrected chi connectivity index (χ1v) is 23.9. The fourth-order valence-corrected chi connectivity index (χ4v) is 10.3. The van der Waals surface area contributed by atoms with Crippen LogP contribution >= 0.6 is 23.4 Å². The highest BCUT2D eigenvalue weighted by Gasteiger charge is 2.32. The number of anilines is 2.